The van der Waals surface area contributed by atoms with Crippen LogP contribution < -0.4 is 0 Å². The number of fused-ring (bicyclic) bond motifs is 9. The number of rotatable bonds is 6. The van der Waals surface area contributed by atoms with E-state index in [1.807, 2.05) is 39.0 Å². The number of esters is 2. The maximum atomic E-state index is 13.7. The summed E-state index contributed by atoms with van der Waals surface area (Å²) in [6.07, 6.45) is 1.16. The maximum Gasteiger partial charge on any atom is 0.334 e. The minimum absolute atomic E-state index is 0.234. The van der Waals surface area contributed by atoms with Crippen molar-refractivity contribution < 1.29 is 19.1 Å². The molecule has 0 amide bonds. The van der Waals surface area contributed by atoms with Gasteiger partial charge in [-0.25, -0.2) is 4.79 Å². The van der Waals surface area contributed by atoms with Crippen molar-refractivity contribution in [1.82, 2.24) is 0 Å². The zero-order valence-electron chi connectivity index (χ0n) is 30.1. The average Bonchev–Trinajstić information content (AvgIpc) is 3.56. The lowest BCUT2D eigenvalue weighted by Crippen LogP contribution is -2.36. The fourth-order valence-electron chi connectivity index (χ4n) is 8.36. The summed E-state index contributed by atoms with van der Waals surface area (Å²) in [5.74, 6) is -0.638. The average molecular weight is 671 g/mol. The second-order valence-electron chi connectivity index (χ2n) is 15.1. The van der Waals surface area contributed by atoms with Gasteiger partial charge in [-0.1, -0.05) is 111 Å². The van der Waals surface area contributed by atoms with E-state index in [1.54, 1.807) is 6.92 Å². The van der Waals surface area contributed by atoms with Crippen molar-refractivity contribution in [3.05, 3.63) is 144 Å². The van der Waals surface area contributed by atoms with Gasteiger partial charge in [0, 0.05) is 27.8 Å². The molecule has 6 aromatic carbocycles. The van der Waals surface area contributed by atoms with Gasteiger partial charge in [-0.05, 0) is 114 Å². The van der Waals surface area contributed by atoms with E-state index in [-0.39, 0.29) is 5.97 Å². The van der Waals surface area contributed by atoms with Gasteiger partial charge in [0.2, 0.25) is 0 Å². The van der Waals surface area contributed by atoms with E-state index in [4.69, 9.17) is 9.47 Å². The summed E-state index contributed by atoms with van der Waals surface area (Å²) in [5, 5.41) is 4.36. The minimum atomic E-state index is -0.958. The van der Waals surface area contributed by atoms with Crippen LogP contribution in [0.5, 0.6) is 0 Å². The summed E-state index contributed by atoms with van der Waals surface area (Å²) in [6, 6.07) is 38.4. The Morgan fingerprint density at radius 1 is 0.608 bits per heavy atom. The molecule has 2 atom stereocenters. The van der Waals surface area contributed by atoms with Gasteiger partial charge < -0.3 is 9.47 Å². The molecule has 4 heteroatoms. The van der Waals surface area contributed by atoms with Crippen molar-refractivity contribution in [2.45, 2.75) is 65.6 Å². The molecule has 6 aromatic rings. The van der Waals surface area contributed by atoms with E-state index >= 15 is 0 Å². The fraction of sp³-hybridized carbons (Fsp3) is 0.234. The Bertz CT molecular complexity index is 2460. The first-order valence-electron chi connectivity index (χ1n) is 17.9. The Labute approximate surface area is 299 Å². The summed E-state index contributed by atoms with van der Waals surface area (Å²) in [4.78, 5) is 27.0. The van der Waals surface area contributed by atoms with Gasteiger partial charge in [-0.3, -0.25) is 4.79 Å². The van der Waals surface area contributed by atoms with E-state index in [0.29, 0.717) is 18.4 Å². The molecule has 0 saturated carbocycles. The summed E-state index contributed by atoms with van der Waals surface area (Å²) in [6.45, 7) is 15.5. The highest BCUT2D eigenvalue weighted by atomic mass is 16.6. The highest BCUT2D eigenvalue weighted by Crippen LogP contribution is 2.56. The molecule has 2 aliphatic carbocycles. The van der Waals surface area contributed by atoms with Crippen LogP contribution in [0, 0.1) is 5.41 Å². The third-order valence-electron chi connectivity index (χ3n) is 11.0. The SMILES string of the molecule is C=C(C)C(=O)OC1(CC)c2ccccc2-c2ccc3c(-c4ccc5c(c4)C(CC)(OC(=O)C(C)(C)C)c4cc6ccccc6cc4-5)cccc3c21. The standard InChI is InChI=1S/C47H42O4/c1-8-46(51-44(49)45(5,6)7)40-27-31(21-22-35(40)38-25-29-15-10-11-16-30(29)26-41(38)46)32-18-14-19-36-33(32)23-24-37-34-17-12-13-20-39(34)47(9-2,42(36)37)50-43(48)28(3)4/h10-27H,3,8-9H2,1-2,4-7H3. The van der Waals surface area contributed by atoms with Crippen LogP contribution >= 0.6 is 0 Å². The summed E-state index contributed by atoms with van der Waals surface area (Å²) >= 11 is 0. The van der Waals surface area contributed by atoms with Crippen molar-refractivity contribution >= 4 is 33.5 Å². The van der Waals surface area contributed by atoms with E-state index < -0.39 is 22.6 Å². The molecule has 254 valence electrons. The first kappa shape index (κ1) is 32.7. The zero-order chi connectivity index (χ0) is 35.9. The molecule has 0 N–H and O–H groups in total. The number of benzene rings is 6. The number of ether oxygens (including phenoxy) is 2. The van der Waals surface area contributed by atoms with Crippen LogP contribution in [0.3, 0.4) is 0 Å². The van der Waals surface area contributed by atoms with Gasteiger partial charge in [0.15, 0.2) is 11.2 Å². The molecule has 0 saturated heterocycles. The molecule has 0 aromatic heterocycles. The van der Waals surface area contributed by atoms with Crippen LogP contribution in [0.4, 0.5) is 0 Å². The smallest absolute Gasteiger partial charge is 0.334 e. The second-order valence-corrected chi connectivity index (χ2v) is 15.1. The van der Waals surface area contributed by atoms with Gasteiger partial charge in [0.25, 0.3) is 0 Å². The van der Waals surface area contributed by atoms with Gasteiger partial charge >= 0.3 is 11.9 Å². The first-order valence-corrected chi connectivity index (χ1v) is 17.9. The third kappa shape index (κ3) is 4.72. The van der Waals surface area contributed by atoms with Crippen LogP contribution in [0.2, 0.25) is 0 Å². The molecule has 0 bridgehead atoms. The van der Waals surface area contributed by atoms with E-state index in [1.165, 1.54) is 0 Å². The van der Waals surface area contributed by atoms with Crippen molar-refractivity contribution in [2.75, 3.05) is 0 Å². The molecule has 0 fully saturated rings. The van der Waals surface area contributed by atoms with Crippen molar-refractivity contribution in [3.8, 4) is 33.4 Å². The van der Waals surface area contributed by atoms with Crippen molar-refractivity contribution in [3.63, 3.8) is 0 Å². The third-order valence-corrected chi connectivity index (χ3v) is 11.0. The largest absolute Gasteiger partial charge is 0.449 e. The highest BCUT2D eigenvalue weighted by molar-refractivity contribution is 6.05. The first-order chi connectivity index (χ1) is 24.4. The molecule has 0 radical (unpaired) electrons. The predicted octanol–water partition coefficient (Wildman–Crippen LogP) is 11.6. The summed E-state index contributed by atoms with van der Waals surface area (Å²) < 4.78 is 13.2. The monoisotopic (exact) mass is 670 g/mol. The Morgan fingerprint density at radius 2 is 1.24 bits per heavy atom. The Kier molecular flexibility index (Phi) is 7.39. The number of carbonyl (C=O) groups is 2. The predicted molar refractivity (Wildman–Crippen MR) is 206 cm³/mol. The van der Waals surface area contributed by atoms with Crippen LogP contribution in [0.1, 0.15) is 76.6 Å². The van der Waals surface area contributed by atoms with Crippen molar-refractivity contribution in [1.29, 1.82) is 0 Å². The number of hydrogen-bond donors (Lipinski definition) is 0. The number of carbonyl (C=O) groups excluding carboxylic acids is 2. The Morgan fingerprint density at radius 3 is 1.94 bits per heavy atom. The summed E-state index contributed by atoms with van der Waals surface area (Å²) in [7, 11) is 0. The van der Waals surface area contributed by atoms with Gasteiger partial charge in [0.1, 0.15) is 0 Å². The van der Waals surface area contributed by atoms with Crippen LogP contribution in [0.25, 0.3) is 54.9 Å². The highest BCUT2D eigenvalue weighted by Gasteiger charge is 2.48. The Balaban J connectivity index is 1.36. The van der Waals surface area contributed by atoms with Crippen LogP contribution in [-0.4, -0.2) is 11.9 Å². The molecular formula is C47H42O4. The minimum Gasteiger partial charge on any atom is -0.449 e. The lowest BCUT2D eigenvalue weighted by Gasteiger charge is -2.34. The zero-order valence-corrected chi connectivity index (χ0v) is 30.1. The molecule has 2 aliphatic rings. The molecule has 0 aliphatic heterocycles. The molecule has 8 rings (SSSR count). The van der Waals surface area contributed by atoms with E-state index in [9.17, 15) is 9.59 Å². The Hall–Kier alpha value is -5.48. The van der Waals surface area contributed by atoms with Crippen molar-refractivity contribution in [2.24, 2.45) is 5.41 Å². The quantitative estimate of drug-likeness (QED) is 0.131. The molecular weight excluding hydrogens is 629 g/mol. The van der Waals surface area contributed by atoms with Gasteiger partial charge in [-0.2, -0.15) is 0 Å². The lowest BCUT2D eigenvalue weighted by atomic mass is 9.83. The molecule has 4 nitrogen and oxygen atoms in total. The van der Waals surface area contributed by atoms with E-state index in [2.05, 4.69) is 111 Å². The molecule has 0 heterocycles. The van der Waals surface area contributed by atoms with Gasteiger partial charge in [0.05, 0.1) is 5.41 Å². The topological polar surface area (TPSA) is 52.6 Å². The maximum absolute atomic E-state index is 13.7. The van der Waals surface area contributed by atoms with E-state index in [0.717, 1.165) is 77.2 Å². The normalized spacial score (nSPS) is 18.5. The van der Waals surface area contributed by atoms with Crippen LogP contribution in [-0.2, 0) is 30.3 Å². The molecule has 0 spiro atoms. The van der Waals surface area contributed by atoms with Crippen LogP contribution in [0.15, 0.2) is 121 Å². The molecule has 51 heavy (non-hydrogen) atoms. The molecule has 2 unspecified atom stereocenters. The fourth-order valence-corrected chi connectivity index (χ4v) is 8.36. The second kappa shape index (κ2) is 11.5. The lowest BCUT2D eigenvalue weighted by molar-refractivity contribution is -0.166. The number of hydrogen-bond acceptors (Lipinski definition) is 4. The van der Waals surface area contributed by atoms with Gasteiger partial charge in [-0.15, -0.1) is 0 Å². The summed E-state index contributed by atoms with van der Waals surface area (Å²) in [5.41, 5.74) is 8.20.